The minimum atomic E-state index is -1.05. The fraction of sp³-hybridized carbons (Fsp3) is 0.286. The SMILES string of the molecule is O=C1OCC=CCC12CS/C(=C\c1ccco1)C2=O. The molecule has 1 saturated heterocycles. The van der Waals surface area contributed by atoms with Crippen LogP contribution < -0.4 is 0 Å². The van der Waals surface area contributed by atoms with Crippen LogP contribution in [0, 0.1) is 5.41 Å². The molecule has 2 aliphatic rings. The number of rotatable bonds is 1. The van der Waals surface area contributed by atoms with Gasteiger partial charge in [-0.25, -0.2) is 0 Å². The maximum atomic E-state index is 12.5. The predicted octanol–water partition coefficient (Wildman–Crippen LogP) is 2.43. The summed E-state index contributed by atoms with van der Waals surface area (Å²) in [4.78, 5) is 25.1. The van der Waals surface area contributed by atoms with Crippen molar-refractivity contribution in [2.45, 2.75) is 6.42 Å². The minimum Gasteiger partial charge on any atom is -0.465 e. The summed E-state index contributed by atoms with van der Waals surface area (Å²) in [6.07, 6.45) is 7.27. The quantitative estimate of drug-likeness (QED) is 0.341. The number of cyclic esters (lactones) is 1. The molecule has 0 bridgehead atoms. The standard InChI is InChI=1S/C14H12O4S/c15-12-11(8-10-4-3-7-17-10)19-9-14(12)5-1-2-6-18-13(14)16/h1-4,7-8H,5-6,9H2/b11-8-. The fourth-order valence-electron chi connectivity index (χ4n) is 2.18. The molecule has 0 saturated carbocycles. The number of ether oxygens (including phenoxy) is 1. The van der Waals surface area contributed by atoms with Crippen molar-refractivity contribution in [3.8, 4) is 0 Å². The third-order valence-electron chi connectivity index (χ3n) is 3.28. The van der Waals surface area contributed by atoms with Gasteiger partial charge in [0.25, 0.3) is 0 Å². The molecule has 0 radical (unpaired) electrons. The second-order valence-electron chi connectivity index (χ2n) is 4.50. The molecule has 1 aromatic heterocycles. The van der Waals surface area contributed by atoms with Crippen molar-refractivity contribution >= 4 is 29.6 Å². The number of ketones is 1. The van der Waals surface area contributed by atoms with E-state index < -0.39 is 11.4 Å². The molecule has 19 heavy (non-hydrogen) atoms. The Morgan fingerprint density at radius 2 is 2.21 bits per heavy atom. The van der Waals surface area contributed by atoms with Crippen LogP contribution in [0.2, 0.25) is 0 Å². The van der Waals surface area contributed by atoms with Gasteiger partial charge in [-0.2, -0.15) is 0 Å². The van der Waals surface area contributed by atoms with Crippen molar-refractivity contribution in [2.75, 3.05) is 12.4 Å². The van der Waals surface area contributed by atoms with E-state index in [-0.39, 0.29) is 12.4 Å². The molecule has 1 atom stereocenters. The van der Waals surface area contributed by atoms with Gasteiger partial charge in [0, 0.05) is 5.75 Å². The molecular formula is C14H12O4S. The lowest BCUT2D eigenvalue weighted by Crippen LogP contribution is -2.38. The Morgan fingerprint density at radius 3 is 3.00 bits per heavy atom. The number of thioether (sulfide) groups is 1. The fourth-order valence-corrected chi connectivity index (χ4v) is 3.47. The minimum absolute atomic E-state index is 0.162. The third kappa shape index (κ3) is 2.04. The van der Waals surface area contributed by atoms with Crippen molar-refractivity contribution in [3.05, 3.63) is 41.2 Å². The molecular weight excluding hydrogens is 264 g/mol. The molecule has 2 aliphatic heterocycles. The van der Waals surface area contributed by atoms with Gasteiger partial charge in [-0.1, -0.05) is 12.2 Å². The van der Waals surface area contributed by atoms with Crippen LogP contribution in [0.25, 0.3) is 6.08 Å². The van der Waals surface area contributed by atoms with Gasteiger partial charge in [-0.15, -0.1) is 11.8 Å². The number of furan rings is 1. The zero-order valence-corrected chi connectivity index (χ0v) is 10.9. The molecule has 5 heteroatoms. The number of carbonyl (C=O) groups excluding carboxylic acids is 2. The van der Waals surface area contributed by atoms with Crippen LogP contribution in [0.15, 0.2) is 39.9 Å². The van der Waals surface area contributed by atoms with E-state index in [0.717, 1.165) is 0 Å². The first-order chi connectivity index (χ1) is 9.22. The topological polar surface area (TPSA) is 56.5 Å². The lowest BCUT2D eigenvalue weighted by atomic mass is 9.82. The molecule has 0 N–H and O–H groups in total. The van der Waals surface area contributed by atoms with Crippen molar-refractivity contribution in [3.63, 3.8) is 0 Å². The van der Waals surface area contributed by atoms with Crippen LogP contribution >= 0.6 is 11.8 Å². The van der Waals surface area contributed by atoms with E-state index in [9.17, 15) is 9.59 Å². The van der Waals surface area contributed by atoms with E-state index in [1.165, 1.54) is 11.8 Å². The Balaban J connectivity index is 1.93. The van der Waals surface area contributed by atoms with Gasteiger partial charge in [0.1, 0.15) is 17.8 Å². The summed E-state index contributed by atoms with van der Waals surface area (Å²) in [5.41, 5.74) is -1.05. The van der Waals surface area contributed by atoms with Crippen molar-refractivity contribution in [1.29, 1.82) is 0 Å². The first-order valence-corrected chi connectivity index (χ1v) is 6.96. The van der Waals surface area contributed by atoms with Crippen LogP contribution in [0.1, 0.15) is 12.2 Å². The summed E-state index contributed by atoms with van der Waals surface area (Å²) in [6, 6.07) is 3.53. The number of allylic oxidation sites excluding steroid dienone is 2. The van der Waals surface area contributed by atoms with Crippen molar-refractivity contribution in [2.24, 2.45) is 5.41 Å². The Labute approximate surface area is 114 Å². The largest absolute Gasteiger partial charge is 0.465 e. The smallest absolute Gasteiger partial charge is 0.321 e. The van der Waals surface area contributed by atoms with Gasteiger partial charge in [-0.05, 0) is 24.6 Å². The van der Waals surface area contributed by atoms with Gasteiger partial charge in [-0.3, -0.25) is 9.59 Å². The Kier molecular flexibility index (Phi) is 3.06. The van der Waals surface area contributed by atoms with E-state index in [2.05, 4.69) is 0 Å². The maximum Gasteiger partial charge on any atom is 0.321 e. The van der Waals surface area contributed by atoms with Gasteiger partial charge >= 0.3 is 5.97 Å². The monoisotopic (exact) mass is 276 g/mol. The lowest BCUT2D eigenvalue weighted by molar-refractivity contribution is -0.155. The molecule has 1 unspecified atom stereocenters. The number of esters is 1. The summed E-state index contributed by atoms with van der Waals surface area (Å²) >= 11 is 1.38. The van der Waals surface area contributed by atoms with E-state index >= 15 is 0 Å². The highest BCUT2D eigenvalue weighted by molar-refractivity contribution is 8.04. The number of hydrogen-bond acceptors (Lipinski definition) is 5. The van der Waals surface area contributed by atoms with Crippen LogP contribution in [0.4, 0.5) is 0 Å². The van der Waals surface area contributed by atoms with Crippen LogP contribution in [0.5, 0.6) is 0 Å². The van der Waals surface area contributed by atoms with E-state index in [4.69, 9.17) is 9.15 Å². The predicted molar refractivity (Wildman–Crippen MR) is 71.3 cm³/mol. The Bertz CT molecular complexity index is 570. The highest BCUT2D eigenvalue weighted by atomic mass is 32.2. The molecule has 1 aromatic rings. The van der Waals surface area contributed by atoms with E-state index in [0.29, 0.717) is 22.8 Å². The molecule has 3 heterocycles. The molecule has 3 rings (SSSR count). The summed E-state index contributed by atoms with van der Waals surface area (Å²) in [5.74, 6) is 0.468. The van der Waals surface area contributed by atoms with Gasteiger partial charge < -0.3 is 9.15 Å². The third-order valence-corrected chi connectivity index (χ3v) is 4.53. The summed E-state index contributed by atoms with van der Waals surface area (Å²) < 4.78 is 10.3. The van der Waals surface area contributed by atoms with E-state index in [1.54, 1.807) is 30.5 Å². The van der Waals surface area contributed by atoms with Gasteiger partial charge in [0.05, 0.1) is 11.2 Å². The van der Waals surface area contributed by atoms with E-state index in [1.807, 2.05) is 6.08 Å². The molecule has 98 valence electrons. The number of carbonyl (C=O) groups is 2. The first kappa shape index (κ1) is 12.3. The second kappa shape index (κ2) is 4.74. The molecule has 0 aromatic carbocycles. The lowest BCUT2D eigenvalue weighted by Gasteiger charge is -2.20. The molecule has 0 amide bonds. The highest BCUT2D eigenvalue weighted by Gasteiger charge is 2.52. The van der Waals surface area contributed by atoms with Crippen LogP contribution in [0.3, 0.4) is 0 Å². The maximum absolute atomic E-state index is 12.5. The average molecular weight is 276 g/mol. The second-order valence-corrected chi connectivity index (χ2v) is 5.52. The molecule has 1 spiro atoms. The normalized spacial score (nSPS) is 28.9. The van der Waals surface area contributed by atoms with Crippen molar-refractivity contribution in [1.82, 2.24) is 0 Å². The summed E-state index contributed by atoms with van der Waals surface area (Å²) in [5, 5.41) is 0. The Hall–Kier alpha value is -1.75. The van der Waals surface area contributed by atoms with Crippen molar-refractivity contribution < 1.29 is 18.7 Å². The van der Waals surface area contributed by atoms with Gasteiger partial charge in [0.15, 0.2) is 5.78 Å². The highest BCUT2D eigenvalue weighted by Crippen LogP contribution is 2.45. The zero-order valence-electron chi connectivity index (χ0n) is 10.1. The van der Waals surface area contributed by atoms with Gasteiger partial charge in [0.2, 0.25) is 0 Å². The Morgan fingerprint density at radius 1 is 1.32 bits per heavy atom. The average Bonchev–Trinajstić information content (AvgIpc) is 2.96. The summed E-state index contributed by atoms with van der Waals surface area (Å²) in [6.45, 7) is 0.246. The number of Topliss-reactive ketones (excluding diaryl/α,β-unsaturated/α-hetero) is 1. The van der Waals surface area contributed by atoms with Crippen LogP contribution in [-0.2, 0) is 14.3 Å². The zero-order chi connectivity index (χ0) is 13.3. The molecule has 4 nitrogen and oxygen atoms in total. The van der Waals surface area contributed by atoms with Crippen LogP contribution in [-0.4, -0.2) is 24.1 Å². The molecule has 1 fully saturated rings. The summed E-state index contributed by atoms with van der Waals surface area (Å²) in [7, 11) is 0. The molecule has 0 aliphatic carbocycles. The number of hydrogen-bond donors (Lipinski definition) is 0. The first-order valence-electron chi connectivity index (χ1n) is 5.97.